The Labute approximate surface area is 124 Å². The number of anilines is 1. The third kappa shape index (κ3) is 3.32. The largest absolute Gasteiger partial charge is 0.394 e. The standard InChI is InChI=1S/C16H24BrNO/c1-12-10-15(2,3)8-9-16(12,11-19)18-14-6-4-13(17)5-7-14/h4-7,12,18-19H,8-11H2,1-3H3. The molecule has 0 aromatic heterocycles. The van der Waals surface area contributed by atoms with Crippen molar-refractivity contribution in [1.29, 1.82) is 0 Å². The molecule has 2 atom stereocenters. The van der Waals surface area contributed by atoms with Crippen LogP contribution in [0, 0.1) is 11.3 Å². The molecule has 1 aliphatic rings. The van der Waals surface area contributed by atoms with Gasteiger partial charge in [0.1, 0.15) is 0 Å². The van der Waals surface area contributed by atoms with Crippen LogP contribution in [0.2, 0.25) is 0 Å². The molecule has 2 unspecified atom stereocenters. The number of hydrogen-bond acceptors (Lipinski definition) is 2. The molecule has 19 heavy (non-hydrogen) atoms. The summed E-state index contributed by atoms with van der Waals surface area (Å²) >= 11 is 3.45. The molecule has 1 saturated carbocycles. The molecule has 0 bridgehead atoms. The molecule has 1 aromatic carbocycles. The molecule has 0 amide bonds. The van der Waals surface area contributed by atoms with Crippen molar-refractivity contribution in [2.45, 2.75) is 45.6 Å². The summed E-state index contributed by atoms with van der Waals surface area (Å²) in [5, 5.41) is 13.5. The first-order chi connectivity index (χ1) is 8.87. The van der Waals surface area contributed by atoms with Crippen LogP contribution in [0.5, 0.6) is 0 Å². The summed E-state index contributed by atoms with van der Waals surface area (Å²) in [4.78, 5) is 0. The quantitative estimate of drug-likeness (QED) is 0.861. The fraction of sp³-hybridized carbons (Fsp3) is 0.625. The highest BCUT2D eigenvalue weighted by Gasteiger charge is 2.43. The molecule has 0 aliphatic heterocycles. The zero-order valence-electron chi connectivity index (χ0n) is 12.0. The van der Waals surface area contributed by atoms with Crippen LogP contribution in [-0.2, 0) is 0 Å². The molecule has 2 N–H and O–H groups in total. The molecule has 1 aliphatic carbocycles. The topological polar surface area (TPSA) is 32.3 Å². The van der Waals surface area contributed by atoms with Gasteiger partial charge in [0.2, 0.25) is 0 Å². The lowest BCUT2D eigenvalue weighted by atomic mass is 9.64. The zero-order chi connectivity index (χ0) is 14.1. The number of halogens is 1. The highest BCUT2D eigenvalue weighted by atomic mass is 79.9. The minimum Gasteiger partial charge on any atom is -0.394 e. The van der Waals surface area contributed by atoms with E-state index in [-0.39, 0.29) is 12.1 Å². The first-order valence-corrected chi connectivity index (χ1v) is 7.81. The van der Waals surface area contributed by atoms with Gasteiger partial charge in [0.15, 0.2) is 0 Å². The van der Waals surface area contributed by atoms with Gasteiger partial charge < -0.3 is 10.4 Å². The zero-order valence-corrected chi connectivity index (χ0v) is 13.6. The van der Waals surface area contributed by atoms with Gasteiger partial charge in [-0.05, 0) is 54.9 Å². The van der Waals surface area contributed by atoms with E-state index in [9.17, 15) is 5.11 Å². The molecule has 106 valence electrons. The van der Waals surface area contributed by atoms with Crippen molar-refractivity contribution in [2.24, 2.45) is 11.3 Å². The molecule has 2 nitrogen and oxygen atoms in total. The first kappa shape index (κ1) is 14.9. The van der Waals surface area contributed by atoms with E-state index in [2.05, 4.69) is 54.2 Å². The third-order valence-electron chi connectivity index (χ3n) is 4.57. The molecule has 0 saturated heterocycles. The van der Waals surface area contributed by atoms with Crippen molar-refractivity contribution in [2.75, 3.05) is 11.9 Å². The fourth-order valence-corrected chi connectivity index (χ4v) is 3.48. The second kappa shape index (κ2) is 5.45. The van der Waals surface area contributed by atoms with Gasteiger partial charge in [-0.3, -0.25) is 0 Å². The predicted octanol–water partition coefficient (Wildman–Crippen LogP) is 4.44. The molecule has 1 fully saturated rings. The SMILES string of the molecule is CC1CC(C)(C)CCC1(CO)Nc1ccc(Br)cc1. The van der Waals surface area contributed by atoms with Crippen molar-refractivity contribution in [3.8, 4) is 0 Å². The second-order valence-corrected chi connectivity index (χ2v) is 7.63. The summed E-state index contributed by atoms with van der Waals surface area (Å²) in [7, 11) is 0. The minimum absolute atomic E-state index is 0.177. The maximum Gasteiger partial charge on any atom is 0.0664 e. The Kier molecular flexibility index (Phi) is 4.26. The smallest absolute Gasteiger partial charge is 0.0664 e. The predicted molar refractivity (Wildman–Crippen MR) is 84.4 cm³/mol. The Bertz CT molecular complexity index is 429. The van der Waals surface area contributed by atoms with Gasteiger partial charge in [-0.15, -0.1) is 0 Å². The van der Waals surface area contributed by atoms with Gasteiger partial charge in [0, 0.05) is 10.2 Å². The van der Waals surface area contributed by atoms with E-state index in [1.165, 1.54) is 0 Å². The number of rotatable bonds is 3. The maximum atomic E-state index is 9.93. The van der Waals surface area contributed by atoms with Crippen molar-refractivity contribution in [3.63, 3.8) is 0 Å². The van der Waals surface area contributed by atoms with E-state index >= 15 is 0 Å². The molecule has 0 heterocycles. The molecule has 2 rings (SSSR count). The Hall–Kier alpha value is -0.540. The molecule has 1 aromatic rings. The van der Waals surface area contributed by atoms with Gasteiger partial charge in [0.05, 0.1) is 12.1 Å². The van der Waals surface area contributed by atoms with E-state index in [0.717, 1.165) is 29.4 Å². The van der Waals surface area contributed by atoms with E-state index in [4.69, 9.17) is 0 Å². The van der Waals surface area contributed by atoms with Gasteiger partial charge in [0.25, 0.3) is 0 Å². The summed E-state index contributed by atoms with van der Waals surface area (Å²) in [5.41, 5.74) is 1.30. The van der Waals surface area contributed by atoms with Crippen LogP contribution in [0.3, 0.4) is 0 Å². The summed E-state index contributed by atoms with van der Waals surface area (Å²) < 4.78 is 1.08. The Balaban J connectivity index is 2.17. The summed E-state index contributed by atoms with van der Waals surface area (Å²) in [6, 6.07) is 8.19. The Morgan fingerprint density at radius 2 is 1.89 bits per heavy atom. The number of aliphatic hydroxyl groups excluding tert-OH is 1. The lowest BCUT2D eigenvalue weighted by Crippen LogP contribution is -2.52. The summed E-state index contributed by atoms with van der Waals surface area (Å²) in [6.07, 6.45) is 3.33. The van der Waals surface area contributed by atoms with Crippen LogP contribution in [0.4, 0.5) is 5.69 Å². The highest BCUT2D eigenvalue weighted by Crippen LogP contribution is 2.45. The third-order valence-corrected chi connectivity index (χ3v) is 5.10. The fourth-order valence-electron chi connectivity index (χ4n) is 3.21. The molecule has 0 spiro atoms. The van der Waals surface area contributed by atoms with Crippen LogP contribution in [0.15, 0.2) is 28.7 Å². The van der Waals surface area contributed by atoms with E-state index < -0.39 is 0 Å². The number of hydrogen-bond donors (Lipinski definition) is 2. The minimum atomic E-state index is -0.177. The average Bonchev–Trinajstić information content (AvgIpc) is 2.35. The van der Waals surface area contributed by atoms with Crippen LogP contribution in [0.1, 0.15) is 40.0 Å². The van der Waals surface area contributed by atoms with Crippen LogP contribution in [-0.4, -0.2) is 17.3 Å². The lowest BCUT2D eigenvalue weighted by Gasteiger charge is -2.48. The molecule has 0 radical (unpaired) electrons. The molecular formula is C16H24BrNO. The molecular weight excluding hydrogens is 302 g/mol. The van der Waals surface area contributed by atoms with Crippen LogP contribution < -0.4 is 5.32 Å². The molecule has 3 heteroatoms. The monoisotopic (exact) mass is 325 g/mol. The van der Waals surface area contributed by atoms with Crippen molar-refractivity contribution in [3.05, 3.63) is 28.7 Å². The van der Waals surface area contributed by atoms with Crippen LogP contribution >= 0.6 is 15.9 Å². The maximum absolute atomic E-state index is 9.93. The van der Waals surface area contributed by atoms with E-state index in [1.54, 1.807) is 0 Å². The second-order valence-electron chi connectivity index (χ2n) is 6.72. The summed E-state index contributed by atoms with van der Waals surface area (Å²) in [5.74, 6) is 0.463. The van der Waals surface area contributed by atoms with E-state index in [0.29, 0.717) is 11.3 Å². The van der Waals surface area contributed by atoms with Crippen molar-refractivity contribution in [1.82, 2.24) is 0 Å². The highest BCUT2D eigenvalue weighted by molar-refractivity contribution is 9.10. The number of aliphatic hydroxyl groups is 1. The Morgan fingerprint density at radius 1 is 1.26 bits per heavy atom. The van der Waals surface area contributed by atoms with E-state index in [1.807, 2.05) is 12.1 Å². The lowest BCUT2D eigenvalue weighted by molar-refractivity contribution is 0.0685. The van der Waals surface area contributed by atoms with Gasteiger partial charge in [-0.25, -0.2) is 0 Å². The van der Waals surface area contributed by atoms with Crippen molar-refractivity contribution >= 4 is 21.6 Å². The number of nitrogens with one attached hydrogen (secondary N) is 1. The van der Waals surface area contributed by atoms with Crippen molar-refractivity contribution < 1.29 is 5.11 Å². The number of benzene rings is 1. The van der Waals surface area contributed by atoms with Crippen LogP contribution in [0.25, 0.3) is 0 Å². The Morgan fingerprint density at radius 3 is 2.42 bits per heavy atom. The summed E-state index contributed by atoms with van der Waals surface area (Å²) in [6.45, 7) is 7.10. The van der Waals surface area contributed by atoms with Gasteiger partial charge in [-0.1, -0.05) is 36.7 Å². The first-order valence-electron chi connectivity index (χ1n) is 7.02. The average molecular weight is 326 g/mol. The van der Waals surface area contributed by atoms with Gasteiger partial charge in [-0.2, -0.15) is 0 Å². The normalized spacial score (nSPS) is 30.1. The van der Waals surface area contributed by atoms with Gasteiger partial charge >= 0.3 is 0 Å².